The molecule has 6 rings (SSSR count). The molecule has 2 aromatic carbocycles. The molecule has 6 aromatic rings. The van der Waals surface area contributed by atoms with E-state index in [0.29, 0.717) is 26.3 Å². The van der Waals surface area contributed by atoms with Gasteiger partial charge in [0.2, 0.25) is 0 Å². The summed E-state index contributed by atoms with van der Waals surface area (Å²) in [5, 5.41) is 0. The standard InChI is InChI=1S/C30H26N4Se2/c1-3-15-27(21(9-1)29(23-11-5-17-31-23)24-12-6-18-32-24)35-36-28-16-4-2-10-22(28)30(25-13-7-19-33-25)26-14-8-20-34-26/h1-20,29-34H. The summed E-state index contributed by atoms with van der Waals surface area (Å²) in [6, 6.07) is 35.0. The molecule has 0 radical (unpaired) electrons. The Kier molecular flexibility index (Phi) is 6.84. The quantitative estimate of drug-likeness (QED) is 0.175. The molecular formula is C30H26N4Se2. The Labute approximate surface area is 221 Å². The first-order chi connectivity index (χ1) is 17.9. The van der Waals surface area contributed by atoms with Crippen molar-refractivity contribution in [3.8, 4) is 0 Å². The number of nitrogens with one attached hydrogen (secondary N) is 4. The molecule has 0 aliphatic heterocycles. The van der Waals surface area contributed by atoms with Gasteiger partial charge in [0.15, 0.2) is 0 Å². The van der Waals surface area contributed by atoms with Gasteiger partial charge in [-0.05, 0) is 0 Å². The molecule has 0 fully saturated rings. The third-order valence-corrected chi connectivity index (χ3v) is 13.7. The molecule has 0 amide bonds. The van der Waals surface area contributed by atoms with Crippen molar-refractivity contribution >= 4 is 35.2 Å². The Morgan fingerprint density at radius 2 is 0.722 bits per heavy atom. The number of hydrogen-bond donors (Lipinski definition) is 4. The Morgan fingerprint density at radius 1 is 0.389 bits per heavy atom. The first-order valence-electron chi connectivity index (χ1n) is 11.9. The Morgan fingerprint density at radius 3 is 1.03 bits per heavy atom. The summed E-state index contributed by atoms with van der Waals surface area (Å²) in [6.45, 7) is 0. The van der Waals surface area contributed by atoms with Gasteiger partial charge in [0.05, 0.1) is 0 Å². The molecule has 4 nitrogen and oxygen atoms in total. The molecule has 0 saturated heterocycles. The van der Waals surface area contributed by atoms with Crippen LogP contribution in [0.1, 0.15) is 45.7 Å². The van der Waals surface area contributed by atoms with Crippen LogP contribution in [0, 0.1) is 0 Å². The summed E-state index contributed by atoms with van der Waals surface area (Å²) >= 11 is 0.653. The van der Waals surface area contributed by atoms with E-state index in [1.54, 1.807) is 0 Å². The molecule has 0 saturated carbocycles. The van der Waals surface area contributed by atoms with Crippen molar-refractivity contribution in [2.75, 3.05) is 0 Å². The first kappa shape index (κ1) is 23.0. The molecule has 0 aliphatic rings. The van der Waals surface area contributed by atoms with Crippen LogP contribution in [0.15, 0.2) is 122 Å². The molecule has 0 aliphatic carbocycles. The van der Waals surface area contributed by atoms with Crippen molar-refractivity contribution < 1.29 is 0 Å². The Balaban J connectivity index is 1.35. The second-order valence-corrected chi connectivity index (χ2v) is 14.8. The van der Waals surface area contributed by atoms with E-state index in [1.165, 1.54) is 42.8 Å². The third kappa shape index (κ3) is 4.69. The van der Waals surface area contributed by atoms with Crippen LogP contribution in [0.25, 0.3) is 0 Å². The predicted octanol–water partition coefficient (Wildman–Crippen LogP) is 4.63. The van der Waals surface area contributed by atoms with Crippen LogP contribution in [0.4, 0.5) is 0 Å². The van der Waals surface area contributed by atoms with Crippen LogP contribution in [-0.2, 0) is 0 Å². The molecule has 4 aromatic heterocycles. The summed E-state index contributed by atoms with van der Waals surface area (Å²) in [4.78, 5) is 13.9. The maximum absolute atomic E-state index is 3.47. The van der Waals surface area contributed by atoms with E-state index in [9.17, 15) is 0 Å². The van der Waals surface area contributed by atoms with Crippen molar-refractivity contribution in [3.05, 3.63) is 156 Å². The predicted molar refractivity (Wildman–Crippen MR) is 149 cm³/mol. The van der Waals surface area contributed by atoms with E-state index in [2.05, 4.69) is 117 Å². The molecular weight excluding hydrogens is 574 g/mol. The van der Waals surface area contributed by atoms with E-state index in [0.717, 1.165) is 0 Å². The topological polar surface area (TPSA) is 63.2 Å². The number of H-pyrrole nitrogens is 4. The number of aromatic nitrogens is 4. The minimum atomic E-state index is 0.171. The summed E-state index contributed by atoms with van der Waals surface area (Å²) in [5.41, 5.74) is 7.62. The normalized spacial score (nSPS) is 11.5. The molecule has 178 valence electrons. The molecule has 0 spiro atoms. The molecule has 4 N–H and O–H groups in total. The van der Waals surface area contributed by atoms with Gasteiger partial charge in [0.1, 0.15) is 0 Å². The van der Waals surface area contributed by atoms with E-state index in [-0.39, 0.29) is 11.8 Å². The second kappa shape index (κ2) is 10.7. The van der Waals surface area contributed by atoms with E-state index >= 15 is 0 Å². The Bertz CT molecular complexity index is 1300. The zero-order valence-electron chi connectivity index (χ0n) is 19.5. The summed E-state index contributed by atoms with van der Waals surface area (Å²) < 4.78 is 2.93. The van der Waals surface area contributed by atoms with Crippen molar-refractivity contribution in [1.29, 1.82) is 0 Å². The molecule has 0 unspecified atom stereocenters. The van der Waals surface area contributed by atoms with Gasteiger partial charge in [-0.1, -0.05) is 0 Å². The van der Waals surface area contributed by atoms with Crippen LogP contribution < -0.4 is 8.92 Å². The van der Waals surface area contributed by atoms with Gasteiger partial charge in [-0.25, -0.2) is 0 Å². The van der Waals surface area contributed by atoms with Crippen LogP contribution in [0.5, 0.6) is 0 Å². The van der Waals surface area contributed by atoms with Crippen molar-refractivity contribution in [2.45, 2.75) is 11.8 Å². The summed E-state index contributed by atoms with van der Waals surface area (Å²) in [5.74, 6) is 0.342. The van der Waals surface area contributed by atoms with E-state index in [1.807, 2.05) is 24.8 Å². The molecule has 4 heterocycles. The van der Waals surface area contributed by atoms with Crippen molar-refractivity contribution in [2.24, 2.45) is 0 Å². The zero-order chi connectivity index (χ0) is 24.2. The van der Waals surface area contributed by atoms with Crippen LogP contribution in [-0.4, -0.2) is 46.2 Å². The SMILES string of the molecule is c1c[nH]c(C(c2ccc[nH]2)c2ccccc2[Se][Se]c2ccccc2C(c2ccc[nH]2)c2ccc[nH]2)c1. The maximum atomic E-state index is 3.47. The summed E-state index contributed by atoms with van der Waals surface area (Å²) in [7, 11) is 0. The van der Waals surface area contributed by atoms with Crippen LogP contribution >= 0.6 is 0 Å². The number of benzene rings is 2. The van der Waals surface area contributed by atoms with Crippen molar-refractivity contribution in [3.63, 3.8) is 0 Å². The van der Waals surface area contributed by atoms with Gasteiger partial charge in [-0.15, -0.1) is 0 Å². The molecule has 0 bridgehead atoms. The van der Waals surface area contributed by atoms with Crippen LogP contribution in [0.3, 0.4) is 0 Å². The van der Waals surface area contributed by atoms with Crippen LogP contribution in [0.2, 0.25) is 0 Å². The molecule has 36 heavy (non-hydrogen) atoms. The fraction of sp³-hybridized carbons (Fsp3) is 0.0667. The monoisotopic (exact) mass is 602 g/mol. The Hall–Kier alpha value is -3.40. The van der Waals surface area contributed by atoms with E-state index in [4.69, 9.17) is 0 Å². The second-order valence-electron chi connectivity index (χ2n) is 8.61. The van der Waals surface area contributed by atoms with Gasteiger partial charge >= 0.3 is 223 Å². The van der Waals surface area contributed by atoms with Gasteiger partial charge in [-0.3, -0.25) is 0 Å². The molecule has 0 atom stereocenters. The van der Waals surface area contributed by atoms with Gasteiger partial charge in [0, 0.05) is 0 Å². The average molecular weight is 600 g/mol. The zero-order valence-corrected chi connectivity index (χ0v) is 22.9. The number of aromatic amines is 4. The third-order valence-electron chi connectivity index (χ3n) is 6.41. The van der Waals surface area contributed by atoms with E-state index < -0.39 is 0 Å². The molecule has 6 heteroatoms. The van der Waals surface area contributed by atoms with Gasteiger partial charge in [0.25, 0.3) is 0 Å². The number of hydrogen-bond acceptors (Lipinski definition) is 0. The first-order valence-corrected chi connectivity index (χ1v) is 18.0. The van der Waals surface area contributed by atoms with Gasteiger partial charge < -0.3 is 0 Å². The average Bonchev–Trinajstić information content (AvgIpc) is 3.74. The fourth-order valence-electron chi connectivity index (χ4n) is 4.78. The van der Waals surface area contributed by atoms with Crippen molar-refractivity contribution in [1.82, 2.24) is 19.9 Å². The minimum absolute atomic E-state index is 0.171. The van der Waals surface area contributed by atoms with Gasteiger partial charge in [-0.2, -0.15) is 0 Å². The fourth-order valence-corrected chi connectivity index (χ4v) is 12.2. The summed E-state index contributed by atoms with van der Waals surface area (Å²) in [6.07, 6.45) is 8.06. The number of rotatable bonds is 9.